The number of aromatic nitrogens is 4. The summed E-state index contributed by atoms with van der Waals surface area (Å²) in [5.41, 5.74) is 4.03. The molecule has 6 nitrogen and oxygen atoms in total. The van der Waals surface area contributed by atoms with Crippen molar-refractivity contribution in [1.82, 2.24) is 19.9 Å². The first-order valence-corrected chi connectivity index (χ1v) is 5.30. The second-order valence-corrected chi connectivity index (χ2v) is 3.72. The number of hydrogen-bond acceptors (Lipinski definition) is 6. The number of pyridine rings is 2. The van der Waals surface area contributed by atoms with Crippen molar-refractivity contribution in [2.45, 2.75) is 0 Å². The first-order chi connectivity index (χ1) is 8.93. The van der Waals surface area contributed by atoms with Crippen molar-refractivity contribution in [2.24, 2.45) is 0 Å². The highest BCUT2D eigenvalue weighted by molar-refractivity contribution is 5.96. The zero-order valence-corrected chi connectivity index (χ0v) is 9.07. The van der Waals surface area contributed by atoms with Crippen molar-refractivity contribution < 1.29 is 8.83 Å². The monoisotopic (exact) mass is 238 g/mol. The van der Waals surface area contributed by atoms with Crippen molar-refractivity contribution in [3.8, 4) is 11.3 Å². The van der Waals surface area contributed by atoms with Gasteiger partial charge in [0.1, 0.15) is 16.7 Å². The lowest BCUT2D eigenvalue weighted by molar-refractivity contribution is 0.590. The molecule has 4 aromatic heterocycles. The normalized spacial score (nSPS) is 11.3. The Labute approximate surface area is 100 Å². The molecule has 0 spiro atoms. The molecule has 86 valence electrons. The molecule has 0 radical (unpaired) electrons. The minimum absolute atomic E-state index is 0.478. The summed E-state index contributed by atoms with van der Waals surface area (Å²) in [5, 5.41) is 0. The van der Waals surface area contributed by atoms with E-state index in [4.69, 9.17) is 8.83 Å². The lowest BCUT2D eigenvalue weighted by Gasteiger charge is -2.00. The summed E-state index contributed by atoms with van der Waals surface area (Å²) >= 11 is 0. The molecule has 0 N–H and O–H groups in total. The van der Waals surface area contributed by atoms with Gasteiger partial charge in [-0.1, -0.05) is 0 Å². The van der Waals surface area contributed by atoms with E-state index in [1.54, 1.807) is 18.5 Å². The van der Waals surface area contributed by atoms with Crippen LogP contribution in [0.1, 0.15) is 0 Å². The van der Waals surface area contributed by atoms with Gasteiger partial charge in [-0.15, -0.1) is 0 Å². The van der Waals surface area contributed by atoms with Gasteiger partial charge in [0.25, 0.3) is 0 Å². The van der Waals surface area contributed by atoms with Gasteiger partial charge in [0.05, 0.1) is 0 Å². The standard InChI is InChI=1S/C12H6N4O2/c1-3-14-12-10(16-6-18-12)7(1)9-11-8(2-4-13-9)15-5-17-11/h1-6H. The maximum atomic E-state index is 5.38. The van der Waals surface area contributed by atoms with Crippen molar-refractivity contribution in [1.29, 1.82) is 0 Å². The second kappa shape index (κ2) is 3.36. The minimum atomic E-state index is 0.478. The first kappa shape index (κ1) is 9.29. The quantitative estimate of drug-likeness (QED) is 0.506. The van der Waals surface area contributed by atoms with Crippen LogP contribution < -0.4 is 0 Å². The molecule has 0 aliphatic carbocycles. The molecule has 0 saturated carbocycles. The Morgan fingerprint density at radius 2 is 1.72 bits per heavy atom. The van der Waals surface area contributed by atoms with Gasteiger partial charge in [-0.2, -0.15) is 0 Å². The summed E-state index contributed by atoms with van der Waals surface area (Å²) in [6.07, 6.45) is 6.10. The van der Waals surface area contributed by atoms with Crippen molar-refractivity contribution in [2.75, 3.05) is 0 Å². The maximum absolute atomic E-state index is 5.38. The molecule has 4 rings (SSSR count). The highest BCUT2D eigenvalue weighted by Crippen LogP contribution is 2.29. The first-order valence-electron chi connectivity index (χ1n) is 5.30. The fourth-order valence-electron chi connectivity index (χ4n) is 1.95. The molecule has 0 aromatic carbocycles. The lowest BCUT2D eigenvalue weighted by atomic mass is 10.1. The van der Waals surface area contributed by atoms with E-state index in [-0.39, 0.29) is 0 Å². The second-order valence-electron chi connectivity index (χ2n) is 3.72. The van der Waals surface area contributed by atoms with Crippen LogP contribution in [0.5, 0.6) is 0 Å². The van der Waals surface area contributed by atoms with Crippen LogP contribution in [0.25, 0.3) is 33.6 Å². The number of fused-ring (bicyclic) bond motifs is 2. The third-order valence-corrected chi connectivity index (χ3v) is 2.74. The van der Waals surface area contributed by atoms with Crippen LogP contribution in [-0.4, -0.2) is 19.9 Å². The summed E-state index contributed by atoms with van der Waals surface area (Å²) < 4.78 is 10.6. The lowest BCUT2D eigenvalue weighted by Crippen LogP contribution is -1.87. The SMILES string of the molecule is c1cc2ncoc2c(-c2ccnc3ocnc23)n1. The van der Waals surface area contributed by atoms with Gasteiger partial charge < -0.3 is 8.83 Å². The summed E-state index contributed by atoms with van der Waals surface area (Å²) in [5.74, 6) is 0. The smallest absolute Gasteiger partial charge is 0.247 e. The van der Waals surface area contributed by atoms with Crippen LogP contribution in [-0.2, 0) is 0 Å². The average Bonchev–Trinajstić information content (AvgIpc) is 3.06. The molecular formula is C12H6N4O2. The highest BCUT2D eigenvalue weighted by atomic mass is 16.3. The van der Waals surface area contributed by atoms with E-state index >= 15 is 0 Å². The van der Waals surface area contributed by atoms with Crippen molar-refractivity contribution in [3.63, 3.8) is 0 Å². The molecule has 0 aliphatic heterocycles. The van der Waals surface area contributed by atoms with Crippen LogP contribution in [0.4, 0.5) is 0 Å². The number of rotatable bonds is 1. The summed E-state index contributed by atoms with van der Waals surface area (Å²) in [7, 11) is 0. The molecule has 0 bridgehead atoms. The predicted octanol–water partition coefficient (Wildman–Crippen LogP) is 2.43. The van der Waals surface area contributed by atoms with Gasteiger partial charge in [0.15, 0.2) is 18.4 Å². The van der Waals surface area contributed by atoms with E-state index in [2.05, 4.69) is 19.9 Å². The highest BCUT2D eigenvalue weighted by Gasteiger charge is 2.14. The fourth-order valence-corrected chi connectivity index (χ4v) is 1.95. The molecule has 0 atom stereocenters. The third-order valence-electron chi connectivity index (χ3n) is 2.74. The molecular weight excluding hydrogens is 232 g/mol. The predicted molar refractivity (Wildman–Crippen MR) is 62.6 cm³/mol. The maximum Gasteiger partial charge on any atom is 0.247 e. The van der Waals surface area contributed by atoms with Crippen LogP contribution >= 0.6 is 0 Å². The number of hydrogen-bond donors (Lipinski definition) is 0. The van der Waals surface area contributed by atoms with Gasteiger partial charge in [0, 0.05) is 18.0 Å². The molecule has 0 fully saturated rings. The van der Waals surface area contributed by atoms with Gasteiger partial charge in [-0.3, -0.25) is 4.98 Å². The molecule has 4 heterocycles. The fraction of sp³-hybridized carbons (Fsp3) is 0. The van der Waals surface area contributed by atoms with Crippen molar-refractivity contribution in [3.05, 3.63) is 37.3 Å². The van der Waals surface area contributed by atoms with E-state index in [0.29, 0.717) is 22.5 Å². The topological polar surface area (TPSA) is 77.8 Å². The van der Waals surface area contributed by atoms with E-state index < -0.39 is 0 Å². The van der Waals surface area contributed by atoms with Crippen molar-refractivity contribution >= 4 is 22.3 Å². The van der Waals surface area contributed by atoms with Crippen LogP contribution in [0, 0.1) is 0 Å². The molecule has 0 saturated heterocycles. The minimum Gasteiger partial charge on any atom is -0.441 e. The Kier molecular flexibility index (Phi) is 1.74. The molecule has 4 aromatic rings. The summed E-state index contributed by atoms with van der Waals surface area (Å²) in [6, 6.07) is 3.62. The third kappa shape index (κ3) is 1.17. The summed E-state index contributed by atoms with van der Waals surface area (Å²) in [6.45, 7) is 0. The van der Waals surface area contributed by atoms with E-state index in [9.17, 15) is 0 Å². The molecule has 0 unspecified atom stereocenters. The van der Waals surface area contributed by atoms with E-state index in [0.717, 1.165) is 11.1 Å². The van der Waals surface area contributed by atoms with Gasteiger partial charge in [0.2, 0.25) is 5.71 Å². The number of oxazole rings is 2. The Morgan fingerprint density at radius 3 is 2.72 bits per heavy atom. The molecule has 0 aliphatic rings. The van der Waals surface area contributed by atoms with E-state index in [1.807, 2.05) is 6.07 Å². The number of nitrogens with zero attached hydrogens (tertiary/aromatic N) is 4. The Hall–Kier alpha value is -2.76. The van der Waals surface area contributed by atoms with E-state index in [1.165, 1.54) is 12.8 Å². The average molecular weight is 238 g/mol. The van der Waals surface area contributed by atoms with Gasteiger partial charge >= 0.3 is 0 Å². The van der Waals surface area contributed by atoms with Crippen LogP contribution in [0.2, 0.25) is 0 Å². The van der Waals surface area contributed by atoms with Crippen LogP contribution in [0.3, 0.4) is 0 Å². The molecule has 6 heteroatoms. The Balaban J connectivity index is 2.13. The zero-order chi connectivity index (χ0) is 11.9. The molecule has 0 amide bonds. The Morgan fingerprint density at radius 1 is 0.833 bits per heavy atom. The van der Waals surface area contributed by atoms with Gasteiger partial charge in [-0.25, -0.2) is 15.0 Å². The van der Waals surface area contributed by atoms with Gasteiger partial charge in [-0.05, 0) is 12.1 Å². The van der Waals surface area contributed by atoms with Crippen LogP contribution in [0.15, 0.2) is 46.1 Å². The zero-order valence-electron chi connectivity index (χ0n) is 9.07. The largest absolute Gasteiger partial charge is 0.441 e. The Bertz CT molecular complexity index is 777. The summed E-state index contributed by atoms with van der Waals surface area (Å²) in [4.78, 5) is 16.7. The molecule has 18 heavy (non-hydrogen) atoms.